The summed E-state index contributed by atoms with van der Waals surface area (Å²) in [5, 5.41) is 19.9. The number of nitrogens with zero attached hydrogens (tertiary/aromatic N) is 4. The SMILES string of the molecule is CNc1nnc(C(=O)N(CCC#N)CCOC)s1. The highest BCUT2D eigenvalue weighted by atomic mass is 32.1. The molecule has 1 aromatic rings. The molecule has 0 aromatic carbocycles. The van der Waals surface area contributed by atoms with Gasteiger partial charge in [-0.05, 0) is 0 Å². The first kappa shape index (κ1) is 14.3. The molecule has 0 aliphatic heterocycles. The van der Waals surface area contributed by atoms with Crippen molar-refractivity contribution in [3.63, 3.8) is 0 Å². The number of carbonyl (C=O) groups is 1. The number of ether oxygens (including phenoxy) is 1. The number of carbonyl (C=O) groups excluding carboxylic acids is 1. The monoisotopic (exact) mass is 269 g/mol. The second kappa shape index (κ2) is 7.58. The largest absolute Gasteiger partial charge is 0.383 e. The van der Waals surface area contributed by atoms with Gasteiger partial charge < -0.3 is 15.0 Å². The van der Waals surface area contributed by atoms with Gasteiger partial charge in [-0.15, -0.1) is 10.2 Å². The van der Waals surface area contributed by atoms with Gasteiger partial charge in [0.2, 0.25) is 10.1 Å². The summed E-state index contributed by atoms with van der Waals surface area (Å²) >= 11 is 1.19. The number of hydrogen-bond acceptors (Lipinski definition) is 7. The van der Waals surface area contributed by atoms with Crippen molar-refractivity contribution < 1.29 is 9.53 Å². The lowest BCUT2D eigenvalue weighted by Gasteiger charge is -2.19. The predicted molar refractivity (Wildman–Crippen MR) is 67.5 cm³/mol. The van der Waals surface area contributed by atoms with E-state index >= 15 is 0 Å². The molecule has 0 atom stereocenters. The van der Waals surface area contributed by atoms with Crippen LogP contribution < -0.4 is 5.32 Å². The van der Waals surface area contributed by atoms with Gasteiger partial charge >= 0.3 is 0 Å². The maximum atomic E-state index is 12.1. The maximum Gasteiger partial charge on any atom is 0.285 e. The Morgan fingerprint density at radius 2 is 2.33 bits per heavy atom. The van der Waals surface area contributed by atoms with Gasteiger partial charge in [-0.25, -0.2) is 0 Å². The molecule has 1 aromatic heterocycles. The standard InChI is InChI=1S/C10H15N5O2S/c1-12-10-14-13-8(18-10)9(16)15(5-3-4-11)6-7-17-2/h3,5-7H2,1-2H3,(H,12,14). The van der Waals surface area contributed by atoms with Gasteiger partial charge in [0.1, 0.15) is 0 Å². The summed E-state index contributed by atoms with van der Waals surface area (Å²) in [6.45, 7) is 1.23. The minimum absolute atomic E-state index is 0.221. The quantitative estimate of drug-likeness (QED) is 0.778. The van der Waals surface area contributed by atoms with Crippen LogP contribution in [0.5, 0.6) is 0 Å². The summed E-state index contributed by atoms with van der Waals surface area (Å²) in [5.74, 6) is -0.221. The van der Waals surface area contributed by atoms with E-state index in [1.807, 2.05) is 6.07 Å². The average Bonchev–Trinajstić information content (AvgIpc) is 2.87. The van der Waals surface area contributed by atoms with Crippen molar-refractivity contribution in [1.29, 1.82) is 5.26 Å². The summed E-state index contributed by atoms with van der Waals surface area (Å²) in [6.07, 6.45) is 0.285. The highest BCUT2D eigenvalue weighted by Crippen LogP contribution is 2.16. The molecule has 0 aliphatic rings. The van der Waals surface area contributed by atoms with Crippen LogP contribution >= 0.6 is 11.3 Å². The van der Waals surface area contributed by atoms with Crippen LogP contribution in [0.15, 0.2) is 0 Å². The van der Waals surface area contributed by atoms with Crippen molar-refractivity contribution in [2.45, 2.75) is 6.42 Å². The molecule has 1 amide bonds. The van der Waals surface area contributed by atoms with E-state index in [0.29, 0.717) is 29.8 Å². The lowest BCUT2D eigenvalue weighted by Crippen LogP contribution is -2.34. The van der Waals surface area contributed by atoms with E-state index in [-0.39, 0.29) is 12.3 Å². The molecule has 1 rings (SSSR count). The van der Waals surface area contributed by atoms with Crippen molar-refractivity contribution in [3.05, 3.63) is 5.01 Å². The first-order chi connectivity index (χ1) is 8.72. The van der Waals surface area contributed by atoms with Crippen molar-refractivity contribution >= 4 is 22.4 Å². The molecule has 0 saturated carbocycles. The average molecular weight is 269 g/mol. The van der Waals surface area contributed by atoms with Crippen LogP contribution in [0.1, 0.15) is 16.2 Å². The topological polar surface area (TPSA) is 91.1 Å². The molecule has 18 heavy (non-hydrogen) atoms. The van der Waals surface area contributed by atoms with E-state index in [2.05, 4.69) is 15.5 Å². The molecule has 8 heteroatoms. The fourth-order valence-corrected chi connectivity index (χ4v) is 1.91. The van der Waals surface area contributed by atoms with Gasteiger partial charge in [0, 0.05) is 27.2 Å². The molecule has 0 unspecified atom stereocenters. The molecule has 7 nitrogen and oxygen atoms in total. The third-order valence-electron chi connectivity index (χ3n) is 2.17. The third-order valence-corrected chi connectivity index (χ3v) is 3.10. The second-order valence-corrected chi connectivity index (χ2v) is 4.33. The number of hydrogen-bond donors (Lipinski definition) is 1. The van der Waals surface area contributed by atoms with E-state index in [4.69, 9.17) is 10.00 Å². The summed E-state index contributed by atoms with van der Waals surface area (Å²) < 4.78 is 4.94. The van der Waals surface area contributed by atoms with E-state index in [1.54, 1.807) is 19.1 Å². The molecule has 0 saturated heterocycles. The molecule has 0 fully saturated rings. The van der Waals surface area contributed by atoms with Gasteiger partial charge in [0.25, 0.3) is 5.91 Å². The molecule has 0 bridgehead atoms. The first-order valence-electron chi connectivity index (χ1n) is 5.39. The maximum absolute atomic E-state index is 12.1. The fourth-order valence-electron chi connectivity index (χ4n) is 1.25. The van der Waals surface area contributed by atoms with Crippen LogP contribution in [0, 0.1) is 11.3 Å². The summed E-state index contributed by atoms with van der Waals surface area (Å²) in [6, 6.07) is 2.02. The first-order valence-corrected chi connectivity index (χ1v) is 6.21. The third kappa shape index (κ3) is 3.94. The zero-order valence-electron chi connectivity index (χ0n) is 10.3. The van der Waals surface area contributed by atoms with Crippen LogP contribution in [0.25, 0.3) is 0 Å². The van der Waals surface area contributed by atoms with Crippen molar-refractivity contribution in [1.82, 2.24) is 15.1 Å². The Balaban J connectivity index is 2.70. The number of amides is 1. The highest BCUT2D eigenvalue weighted by molar-refractivity contribution is 7.17. The van der Waals surface area contributed by atoms with Gasteiger partial charge in [0.15, 0.2) is 0 Å². The zero-order chi connectivity index (χ0) is 13.4. The second-order valence-electron chi connectivity index (χ2n) is 3.36. The molecule has 1 N–H and O–H groups in total. The molecule has 0 spiro atoms. The van der Waals surface area contributed by atoms with Crippen LogP contribution in [-0.4, -0.2) is 54.9 Å². The molecule has 98 valence electrons. The van der Waals surface area contributed by atoms with Gasteiger partial charge in [0.05, 0.1) is 19.1 Å². The molecular weight excluding hydrogens is 254 g/mol. The van der Waals surface area contributed by atoms with E-state index in [1.165, 1.54) is 11.3 Å². The van der Waals surface area contributed by atoms with Crippen molar-refractivity contribution in [2.75, 3.05) is 39.2 Å². The lowest BCUT2D eigenvalue weighted by molar-refractivity contribution is 0.0698. The number of aromatic nitrogens is 2. The Morgan fingerprint density at radius 3 is 2.89 bits per heavy atom. The number of rotatable bonds is 7. The van der Waals surface area contributed by atoms with Crippen LogP contribution in [0.2, 0.25) is 0 Å². The number of methoxy groups -OCH3 is 1. The molecule has 1 heterocycles. The minimum Gasteiger partial charge on any atom is -0.383 e. The van der Waals surface area contributed by atoms with Crippen molar-refractivity contribution in [2.24, 2.45) is 0 Å². The number of anilines is 1. The summed E-state index contributed by atoms with van der Waals surface area (Å²) in [4.78, 5) is 13.7. The molecular formula is C10H15N5O2S. The molecule has 0 aliphatic carbocycles. The molecule has 0 radical (unpaired) electrons. The minimum atomic E-state index is -0.221. The van der Waals surface area contributed by atoms with Crippen LogP contribution in [0.3, 0.4) is 0 Å². The van der Waals surface area contributed by atoms with Gasteiger partial charge in [-0.3, -0.25) is 4.79 Å². The normalized spacial score (nSPS) is 9.83. The van der Waals surface area contributed by atoms with Crippen molar-refractivity contribution in [3.8, 4) is 6.07 Å². The zero-order valence-corrected chi connectivity index (χ0v) is 11.2. The lowest BCUT2D eigenvalue weighted by atomic mass is 10.4. The Morgan fingerprint density at radius 1 is 1.56 bits per heavy atom. The van der Waals surface area contributed by atoms with E-state index in [9.17, 15) is 4.79 Å². The van der Waals surface area contributed by atoms with Gasteiger partial charge in [-0.1, -0.05) is 11.3 Å². The van der Waals surface area contributed by atoms with Gasteiger partial charge in [-0.2, -0.15) is 5.26 Å². The Labute approximate surface area is 109 Å². The predicted octanol–water partition coefficient (Wildman–Crippen LogP) is 0.582. The van der Waals surface area contributed by atoms with E-state index in [0.717, 1.165) is 0 Å². The number of nitrogens with one attached hydrogen (secondary N) is 1. The Hall–Kier alpha value is -1.72. The Kier molecular flexibility index (Phi) is 6.04. The Bertz CT molecular complexity index is 428. The number of nitriles is 1. The van der Waals surface area contributed by atoms with Crippen LogP contribution in [0.4, 0.5) is 5.13 Å². The smallest absolute Gasteiger partial charge is 0.285 e. The highest BCUT2D eigenvalue weighted by Gasteiger charge is 2.19. The summed E-state index contributed by atoms with van der Waals surface area (Å²) in [7, 11) is 3.28. The summed E-state index contributed by atoms with van der Waals surface area (Å²) in [5.41, 5.74) is 0. The van der Waals surface area contributed by atoms with E-state index < -0.39 is 0 Å². The van der Waals surface area contributed by atoms with Crippen LogP contribution in [-0.2, 0) is 4.74 Å². The fraction of sp³-hybridized carbons (Fsp3) is 0.600.